The summed E-state index contributed by atoms with van der Waals surface area (Å²) in [6.45, 7) is 0. The first-order valence-corrected chi connectivity index (χ1v) is 19.1. The van der Waals surface area contributed by atoms with Crippen molar-refractivity contribution in [3.63, 3.8) is 0 Å². The highest BCUT2D eigenvalue weighted by molar-refractivity contribution is 7.26. The molecule has 0 saturated heterocycles. The highest BCUT2D eigenvalue weighted by Crippen LogP contribution is 2.55. The fraction of sp³-hybridized carbons (Fsp3) is 0.125. The molecular formula is C48H36N2S. The first-order valence-electron chi connectivity index (χ1n) is 18.2. The molecule has 11 rings (SSSR count). The molecular weight excluding hydrogens is 637 g/mol. The van der Waals surface area contributed by atoms with E-state index in [-0.39, 0.29) is 12.0 Å². The second-order valence-electron chi connectivity index (χ2n) is 14.3. The average Bonchev–Trinajstić information content (AvgIpc) is 3.86. The van der Waals surface area contributed by atoms with Crippen molar-refractivity contribution in [3.8, 4) is 0 Å². The molecule has 3 atom stereocenters. The van der Waals surface area contributed by atoms with Gasteiger partial charge in [-0.25, -0.2) is 0 Å². The van der Waals surface area contributed by atoms with E-state index < -0.39 is 0 Å². The van der Waals surface area contributed by atoms with Gasteiger partial charge in [-0.1, -0.05) is 121 Å². The van der Waals surface area contributed by atoms with Crippen LogP contribution in [0.4, 0.5) is 22.7 Å². The van der Waals surface area contributed by atoms with E-state index in [0.29, 0.717) is 5.92 Å². The van der Waals surface area contributed by atoms with Crippen LogP contribution in [-0.4, -0.2) is 6.04 Å². The minimum atomic E-state index is 0.239. The Morgan fingerprint density at radius 1 is 0.647 bits per heavy atom. The molecule has 5 aromatic carbocycles. The van der Waals surface area contributed by atoms with E-state index in [2.05, 4.69) is 174 Å². The topological polar surface area (TPSA) is 6.48 Å². The molecule has 0 amide bonds. The minimum absolute atomic E-state index is 0.239. The number of hydrogen-bond acceptors (Lipinski definition) is 3. The molecule has 0 fully saturated rings. The number of rotatable bonds is 4. The molecule has 0 saturated carbocycles. The van der Waals surface area contributed by atoms with E-state index in [9.17, 15) is 0 Å². The Labute approximate surface area is 303 Å². The van der Waals surface area contributed by atoms with Crippen molar-refractivity contribution in [2.75, 3.05) is 9.80 Å². The Balaban J connectivity index is 0.950. The lowest BCUT2D eigenvalue weighted by Crippen LogP contribution is -2.29. The summed E-state index contributed by atoms with van der Waals surface area (Å²) >= 11 is 1.92. The third-order valence-corrected chi connectivity index (χ3v) is 12.8. The molecule has 0 N–H and O–H groups in total. The van der Waals surface area contributed by atoms with Crippen molar-refractivity contribution in [1.82, 2.24) is 0 Å². The molecule has 5 aliphatic rings. The summed E-state index contributed by atoms with van der Waals surface area (Å²) in [7, 11) is 0. The number of allylic oxidation sites excluding steroid dienone is 10. The largest absolute Gasteiger partial charge is 0.332 e. The average molecular weight is 673 g/mol. The van der Waals surface area contributed by atoms with Gasteiger partial charge in [0.15, 0.2) is 0 Å². The van der Waals surface area contributed by atoms with E-state index in [1.54, 1.807) is 0 Å². The summed E-state index contributed by atoms with van der Waals surface area (Å²) in [5.41, 5.74) is 14.9. The van der Waals surface area contributed by atoms with Gasteiger partial charge in [0.2, 0.25) is 0 Å². The molecule has 3 heterocycles. The quantitative estimate of drug-likeness (QED) is 0.184. The van der Waals surface area contributed by atoms with Crippen molar-refractivity contribution < 1.29 is 0 Å². The van der Waals surface area contributed by atoms with Crippen LogP contribution in [0.15, 0.2) is 181 Å². The van der Waals surface area contributed by atoms with Gasteiger partial charge in [-0.05, 0) is 95.1 Å². The number of thiophene rings is 1. The Hall–Kier alpha value is -5.64. The normalized spacial score (nSPS) is 21.5. The number of nitrogens with zero attached hydrogens (tertiary/aromatic N) is 2. The number of benzene rings is 5. The van der Waals surface area contributed by atoms with Crippen LogP contribution in [0.5, 0.6) is 0 Å². The second kappa shape index (κ2) is 11.4. The minimum Gasteiger partial charge on any atom is -0.332 e. The SMILES string of the molecule is C1=CCCC(c2ccc(N3C4=CC=C(C5=CC6c7ccccc7N(c7cccc8c7sc7ccccc78)C6C=C5)CC4c4ccccc43)cc2)=C1. The predicted octanol–water partition coefficient (Wildman–Crippen LogP) is 13.0. The molecule has 0 radical (unpaired) electrons. The summed E-state index contributed by atoms with van der Waals surface area (Å²) in [6, 6.07) is 43.2. The van der Waals surface area contributed by atoms with Crippen LogP contribution in [0, 0.1) is 0 Å². The van der Waals surface area contributed by atoms with E-state index >= 15 is 0 Å². The standard InChI is InChI=1S/C48H36N2S/c1-2-11-31(12-3-1)32-21-25-35(26-22-32)49-42-17-7-4-13-36(42)40-29-33(23-27-44(40)49)34-24-28-45-41(30-34)37-14-5-8-18-43(37)50(45)46-19-10-16-39-38-15-6-9-20-47(38)51-48(39)46/h1-2,4-11,13-28,30,40-41,45H,3,12,29H2. The Kier molecular flexibility index (Phi) is 6.54. The maximum absolute atomic E-state index is 2.60. The number of para-hydroxylation sites is 2. The van der Waals surface area contributed by atoms with Crippen LogP contribution in [0.1, 0.15) is 47.8 Å². The zero-order chi connectivity index (χ0) is 33.5. The molecule has 244 valence electrons. The highest BCUT2D eigenvalue weighted by atomic mass is 32.1. The highest BCUT2D eigenvalue weighted by Gasteiger charge is 2.41. The van der Waals surface area contributed by atoms with Crippen molar-refractivity contribution >= 4 is 59.8 Å². The van der Waals surface area contributed by atoms with Crippen LogP contribution in [0.2, 0.25) is 0 Å². The summed E-state index contributed by atoms with van der Waals surface area (Å²) in [5.74, 6) is 0.620. The summed E-state index contributed by atoms with van der Waals surface area (Å²) in [4.78, 5) is 5.10. The summed E-state index contributed by atoms with van der Waals surface area (Å²) < 4.78 is 2.72. The van der Waals surface area contributed by atoms with Crippen LogP contribution in [0.25, 0.3) is 25.7 Å². The van der Waals surface area contributed by atoms with Gasteiger partial charge >= 0.3 is 0 Å². The first kappa shape index (κ1) is 29.1. The van der Waals surface area contributed by atoms with E-state index in [0.717, 1.165) is 19.3 Å². The van der Waals surface area contributed by atoms with Gasteiger partial charge in [0, 0.05) is 50.1 Å². The van der Waals surface area contributed by atoms with Gasteiger partial charge in [0.25, 0.3) is 0 Å². The van der Waals surface area contributed by atoms with Gasteiger partial charge in [0.05, 0.1) is 16.4 Å². The molecule has 2 nitrogen and oxygen atoms in total. The molecule has 2 aliphatic heterocycles. The summed E-state index contributed by atoms with van der Waals surface area (Å²) in [6.07, 6.45) is 22.2. The van der Waals surface area contributed by atoms with Crippen molar-refractivity contribution in [2.24, 2.45) is 0 Å². The van der Waals surface area contributed by atoms with Crippen LogP contribution in [0.3, 0.4) is 0 Å². The number of hydrogen-bond donors (Lipinski definition) is 0. The molecule has 3 aliphatic carbocycles. The third kappa shape index (κ3) is 4.48. The smallest absolute Gasteiger partial charge is 0.0630 e. The van der Waals surface area contributed by atoms with Crippen molar-refractivity contribution in [1.29, 1.82) is 0 Å². The zero-order valence-corrected chi connectivity index (χ0v) is 29.1. The molecule has 0 bridgehead atoms. The fourth-order valence-corrected chi connectivity index (χ4v) is 10.5. The zero-order valence-electron chi connectivity index (χ0n) is 28.2. The van der Waals surface area contributed by atoms with Crippen LogP contribution < -0.4 is 9.80 Å². The molecule has 3 heteroatoms. The fourth-order valence-electron chi connectivity index (χ4n) is 9.25. The van der Waals surface area contributed by atoms with Gasteiger partial charge in [-0.2, -0.15) is 0 Å². The van der Waals surface area contributed by atoms with E-state index in [4.69, 9.17) is 0 Å². The summed E-state index contributed by atoms with van der Waals surface area (Å²) in [5, 5.41) is 2.70. The molecule has 51 heavy (non-hydrogen) atoms. The Bertz CT molecular complexity index is 2590. The molecule has 1 aromatic heterocycles. The van der Waals surface area contributed by atoms with Crippen molar-refractivity contribution in [2.45, 2.75) is 37.1 Å². The van der Waals surface area contributed by atoms with Gasteiger partial charge in [-0.15, -0.1) is 11.3 Å². The lowest BCUT2D eigenvalue weighted by Gasteiger charge is -2.31. The number of anilines is 4. The van der Waals surface area contributed by atoms with Crippen LogP contribution in [-0.2, 0) is 0 Å². The maximum Gasteiger partial charge on any atom is 0.0630 e. The third-order valence-electron chi connectivity index (χ3n) is 11.6. The van der Waals surface area contributed by atoms with Gasteiger partial charge < -0.3 is 9.80 Å². The first-order chi connectivity index (χ1) is 25.3. The number of fused-ring (bicyclic) bond motifs is 9. The van der Waals surface area contributed by atoms with E-state index in [1.807, 2.05) is 11.3 Å². The molecule has 3 unspecified atom stereocenters. The van der Waals surface area contributed by atoms with E-state index in [1.165, 1.54) is 82.0 Å². The lowest BCUT2D eigenvalue weighted by molar-refractivity contribution is 0.733. The maximum atomic E-state index is 2.60. The Morgan fingerprint density at radius 2 is 1.43 bits per heavy atom. The lowest BCUT2D eigenvalue weighted by atomic mass is 9.80. The molecule has 6 aromatic rings. The second-order valence-corrected chi connectivity index (χ2v) is 15.4. The van der Waals surface area contributed by atoms with Crippen molar-refractivity contribution in [3.05, 3.63) is 197 Å². The Morgan fingerprint density at radius 3 is 2.31 bits per heavy atom. The van der Waals surface area contributed by atoms with Gasteiger partial charge in [0.1, 0.15) is 0 Å². The predicted molar refractivity (Wildman–Crippen MR) is 217 cm³/mol. The van der Waals surface area contributed by atoms with Crippen LogP contribution >= 0.6 is 11.3 Å². The molecule has 0 spiro atoms. The monoisotopic (exact) mass is 672 g/mol. The van der Waals surface area contributed by atoms with Gasteiger partial charge in [-0.3, -0.25) is 0 Å².